The number of esters is 1. The maximum atomic E-state index is 12.5. The molecular weight excluding hydrogens is 350 g/mol. The number of nitrogens with zero attached hydrogens (tertiary/aromatic N) is 1. The van der Waals surface area contributed by atoms with Gasteiger partial charge in [-0.1, -0.05) is 49.5 Å². The summed E-state index contributed by atoms with van der Waals surface area (Å²) in [5.74, 6) is -1.43. The normalized spacial score (nSPS) is 22.4. The second-order valence-corrected chi connectivity index (χ2v) is 8.27. The van der Waals surface area contributed by atoms with Gasteiger partial charge in [0, 0.05) is 10.8 Å². The standard InChI is InChI=1S/C20H27NO4S/c1-12(18(26)14-9-7-6-8-10-14)17-16(13(2)22)19(24)21(17)11-15(23)25-20(3,4)5/h6-10,12-13,16-17,22H,11H2,1-5H3. The molecule has 1 aliphatic rings. The van der Waals surface area contributed by atoms with E-state index in [1.54, 1.807) is 27.7 Å². The van der Waals surface area contributed by atoms with Gasteiger partial charge in [-0.3, -0.25) is 9.59 Å². The van der Waals surface area contributed by atoms with Gasteiger partial charge in [0.1, 0.15) is 12.1 Å². The van der Waals surface area contributed by atoms with Crippen LogP contribution in [-0.2, 0) is 14.3 Å². The van der Waals surface area contributed by atoms with Crippen LogP contribution >= 0.6 is 12.2 Å². The van der Waals surface area contributed by atoms with E-state index in [0.29, 0.717) is 4.86 Å². The van der Waals surface area contributed by atoms with Gasteiger partial charge in [-0.05, 0) is 33.3 Å². The van der Waals surface area contributed by atoms with Crippen LogP contribution in [0.25, 0.3) is 0 Å². The molecule has 4 unspecified atom stereocenters. The molecule has 5 nitrogen and oxygen atoms in total. The molecule has 1 N–H and O–H groups in total. The van der Waals surface area contributed by atoms with Gasteiger partial charge < -0.3 is 14.7 Å². The molecular formula is C20H27NO4S. The number of carbonyl (C=O) groups is 2. The highest BCUT2D eigenvalue weighted by molar-refractivity contribution is 7.80. The minimum Gasteiger partial charge on any atom is -0.459 e. The van der Waals surface area contributed by atoms with Crippen molar-refractivity contribution in [3.05, 3.63) is 35.9 Å². The van der Waals surface area contributed by atoms with Gasteiger partial charge in [0.15, 0.2) is 0 Å². The third-order valence-electron chi connectivity index (χ3n) is 4.52. The maximum absolute atomic E-state index is 12.5. The summed E-state index contributed by atoms with van der Waals surface area (Å²) >= 11 is 5.62. The highest BCUT2D eigenvalue weighted by atomic mass is 32.1. The summed E-state index contributed by atoms with van der Waals surface area (Å²) in [4.78, 5) is 26.9. The number of β-lactam (4-membered cyclic amide) rings is 1. The highest BCUT2D eigenvalue weighted by Crippen LogP contribution is 2.36. The Kier molecular flexibility index (Phi) is 6.19. The molecule has 1 amide bonds. The Labute approximate surface area is 160 Å². The zero-order valence-corrected chi connectivity index (χ0v) is 16.7. The molecule has 1 heterocycles. The quantitative estimate of drug-likeness (QED) is 0.357. The first-order valence-corrected chi connectivity index (χ1v) is 9.23. The van der Waals surface area contributed by atoms with Gasteiger partial charge in [0.05, 0.1) is 18.1 Å². The minimum absolute atomic E-state index is 0.133. The van der Waals surface area contributed by atoms with Crippen molar-refractivity contribution < 1.29 is 19.4 Å². The van der Waals surface area contributed by atoms with E-state index in [9.17, 15) is 14.7 Å². The summed E-state index contributed by atoms with van der Waals surface area (Å²) in [6.45, 7) is 8.75. The highest BCUT2D eigenvalue weighted by Gasteiger charge is 2.53. The zero-order valence-electron chi connectivity index (χ0n) is 15.9. The molecule has 142 valence electrons. The summed E-state index contributed by atoms with van der Waals surface area (Å²) in [5, 5.41) is 10.0. The number of thiocarbonyl (C=S) groups is 1. The van der Waals surface area contributed by atoms with Crippen molar-refractivity contribution in [2.45, 2.75) is 52.4 Å². The molecule has 0 spiro atoms. The first-order valence-electron chi connectivity index (χ1n) is 8.82. The van der Waals surface area contributed by atoms with Crippen molar-refractivity contribution in [1.29, 1.82) is 0 Å². The van der Waals surface area contributed by atoms with Gasteiger partial charge in [-0.25, -0.2) is 0 Å². The molecule has 1 fully saturated rings. The molecule has 6 heteroatoms. The lowest BCUT2D eigenvalue weighted by Gasteiger charge is -2.51. The Hall–Kier alpha value is -1.79. The second-order valence-electron chi connectivity index (χ2n) is 7.83. The first kappa shape index (κ1) is 20.5. The Morgan fingerprint density at radius 2 is 1.85 bits per heavy atom. The minimum atomic E-state index is -0.802. The predicted molar refractivity (Wildman–Crippen MR) is 104 cm³/mol. The number of amides is 1. The maximum Gasteiger partial charge on any atom is 0.326 e. The Morgan fingerprint density at radius 1 is 1.27 bits per heavy atom. The van der Waals surface area contributed by atoms with E-state index in [2.05, 4.69) is 0 Å². The summed E-state index contributed by atoms with van der Waals surface area (Å²) in [6.07, 6.45) is -0.802. The fourth-order valence-electron chi connectivity index (χ4n) is 3.39. The number of carbonyl (C=O) groups excluding carboxylic acids is 2. The van der Waals surface area contributed by atoms with Crippen molar-refractivity contribution in [2.75, 3.05) is 6.54 Å². The number of benzene rings is 1. The van der Waals surface area contributed by atoms with Crippen LogP contribution in [0.15, 0.2) is 30.3 Å². The molecule has 0 radical (unpaired) electrons. The molecule has 0 aliphatic carbocycles. The van der Waals surface area contributed by atoms with Crippen LogP contribution in [0.5, 0.6) is 0 Å². The number of likely N-dealkylation sites (tertiary alicyclic amines) is 1. The third kappa shape index (κ3) is 4.48. The van der Waals surface area contributed by atoms with Gasteiger partial charge >= 0.3 is 5.97 Å². The average Bonchev–Trinajstić information content (AvgIpc) is 2.54. The fourth-order valence-corrected chi connectivity index (χ4v) is 3.66. The van der Waals surface area contributed by atoms with Crippen LogP contribution in [0.1, 0.15) is 40.2 Å². The molecule has 4 atom stereocenters. The number of aliphatic hydroxyl groups is 1. The first-order chi connectivity index (χ1) is 12.0. The van der Waals surface area contributed by atoms with E-state index in [1.807, 2.05) is 37.3 Å². The summed E-state index contributed by atoms with van der Waals surface area (Å²) in [5.41, 5.74) is 0.297. The number of hydrogen-bond donors (Lipinski definition) is 1. The zero-order chi connectivity index (χ0) is 19.6. The number of ether oxygens (including phenoxy) is 1. The number of aliphatic hydroxyl groups excluding tert-OH is 1. The van der Waals surface area contributed by atoms with Crippen LogP contribution in [0.3, 0.4) is 0 Å². The SMILES string of the molecule is CC(O)C1C(=O)N(CC(=O)OC(C)(C)C)C1C(C)C(=S)c1ccccc1. The van der Waals surface area contributed by atoms with Gasteiger partial charge in [-0.2, -0.15) is 0 Å². The van der Waals surface area contributed by atoms with Crippen molar-refractivity contribution in [2.24, 2.45) is 11.8 Å². The van der Waals surface area contributed by atoms with Gasteiger partial charge in [-0.15, -0.1) is 0 Å². The monoisotopic (exact) mass is 377 g/mol. The third-order valence-corrected chi connectivity index (χ3v) is 5.13. The molecule has 1 saturated heterocycles. The van der Waals surface area contributed by atoms with Crippen molar-refractivity contribution in [1.82, 2.24) is 4.90 Å². The molecule has 0 bridgehead atoms. The lowest BCUT2D eigenvalue weighted by atomic mass is 9.74. The molecule has 2 rings (SSSR count). The lowest BCUT2D eigenvalue weighted by Crippen LogP contribution is -2.68. The van der Waals surface area contributed by atoms with Crippen LogP contribution in [0.4, 0.5) is 0 Å². The Balaban J connectivity index is 2.19. The van der Waals surface area contributed by atoms with Crippen molar-refractivity contribution in [3.63, 3.8) is 0 Å². The van der Waals surface area contributed by atoms with E-state index < -0.39 is 23.6 Å². The topological polar surface area (TPSA) is 66.8 Å². The van der Waals surface area contributed by atoms with Crippen LogP contribution in [0.2, 0.25) is 0 Å². The van der Waals surface area contributed by atoms with E-state index in [1.165, 1.54) is 4.90 Å². The predicted octanol–water partition coefficient (Wildman–Crippen LogP) is 2.59. The van der Waals surface area contributed by atoms with Crippen molar-refractivity contribution in [3.8, 4) is 0 Å². The van der Waals surface area contributed by atoms with Crippen LogP contribution < -0.4 is 0 Å². The fraction of sp³-hybridized carbons (Fsp3) is 0.550. The van der Waals surface area contributed by atoms with E-state index in [-0.39, 0.29) is 24.4 Å². The second kappa shape index (κ2) is 7.84. The largest absolute Gasteiger partial charge is 0.459 e. The van der Waals surface area contributed by atoms with Crippen LogP contribution in [0, 0.1) is 11.8 Å². The van der Waals surface area contributed by atoms with Crippen molar-refractivity contribution >= 4 is 29.0 Å². The summed E-state index contributed by atoms with van der Waals surface area (Å²) in [7, 11) is 0. The number of rotatable bonds is 6. The smallest absolute Gasteiger partial charge is 0.326 e. The molecule has 0 saturated carbocycles. The Bertz CT molecular complexity index is 681. The van der Waals surface area contributed by atoms with E-state index in [4.69, 9.17) is 17.0 Å². The molecule has 1 aliphatic heterocycles. The average molecular weight is 378 g/mol. The Morgan fingerprint density at radius 3 is 2.35 bits per heavy atom. The summed E-state index contributed by atoms with van der Waals surface area (Å²) < 4.78 is 5.33. The van der Waals surface area contributed by atoms with Gasteiger partial charge in [0.25, 0.3) is 0 Å². The van der Waals surface area contributed by atoms with E-state index in [0.717, 1.165) is 5.56 Å². The lowest BCUT2D eigenvalue weighted by molar-refractivity contribution is -0.176. The van der Waals surface area contributed by atoms with Crippen LogP contribution in [-0.4, -0.2) is 51.0 Å². The molecule has 1 aromatic carbocycles. The summed E-state index contributed by atoms with van der Waals surface area (Å²) in [6, 6.07) is 9.25. The number of hydrogen-bond acceptors (Lipinski definition) is 5. The molecule has 1 aromatic rings. The van der Waals surface area contributed by atoms with Gasteiger partial charge in [0.2, 0.25) is 5.91 Å². The molecule has 26 heavy (non-hydrogen) atoms. The molecule has 0 aromatic heterocycles. The van der Waals surface area contributed by atoms with E-state index >= 15 is 0 Å².